The van der Waals surface area contributed by atoms with Crippen LogP contribution in [-0.4, -0.2) is 37.0 Å². The summed E-state index contributed by atoms with van der Waals surface area (Å²) in [7, 11) is 1.72. The smallest absolute Gasteiger partial charge is 0.0954 e. The lowest BCUT2D eigenvalue weighted by Gasteiger charge is -2.17. The number of aryl methyl sites for hydroxylation is 1. The molecule has 1 heterocycles. The van der Waals surface area contributed by atoms with E-state index in [2.05, 4.69) is 24.1 Å². The number of aliphatic hydroxyl groups is 1. The van der Waals surface area contributed by atoms with Gasteiger partial charge in [-0.2, -0.15) is 0 Å². The van der Waals surface area contributed by atoms with Gasteiger partial charge >= 0.3 is 0 Å². The van der Waals surface area contributed by atoms with Crippen LogP contribution in [0.2, 0.25) is 0 Å². The van der Waals surface area contributed by atoms with Crippen molar-refractivity contribution in [3.05, 3.63) is 15.6 Å². The minimum absolute atomic E-state index is 0.158. The zero-order valence-electron chi connectivity index (χ0n) is 12.0. The summed E-state index contributed by atoms with van der Waals surface area (Å²) in [6.07, 6.45) is 3.17. The Morgan fingerprint density at radius 1 is 1.53 bits per heavy atom. The van der Waals surface area contributed by atoms with Gasteiger partial charge in [0.15, 0.2) is 0 Å². The molecule has 19 heavy (non-hydrogen) atoms. The highest BCUT2D eigenvalue weighted by Crippen LogP contribution is 2.44. The Balaban J connectivity index is 1.90. The van der Waals surface area contributed by atoms with Crippen molar-refractivity contribution in [2.75, 3.05) is 26.9 Å². The van der Waals surface area contributed by atoms with Crippen LogP contribution in [0.5, 0.6) is 0 Å². The van der Waals surface area contributed by atoms with Crippen molar-refractivity contribution in [3.8, 4) is 0 Å². The molecule has 1 aliphatic carbocycles. The standard InChI is InChI=1S/C14H24N2O2S/c1-10(15-8-14(9-17)5-6-14)13-11(2)16-12(19-13)4-7-18-3/h10,15,17H,4-9H2,1-3H3. The molecule has 0 aliphatic heterocycles. The van der Waals surface area contributed by atoms with Gasteiger partial charge in [0.25, 0.3) is 0 Å². The molecule has 1 aromatic heterocycles. The highest BCUT2D eigenvalue weighted by Gasteiger charge is 2.41. The van der Waals surface area contributed by atoms with Crippen LogP contribution in [0, 0.1) is 12.3 Å². The minimum atomic E-state index is 0.158. The number of nitrogens with one attached hydrogen (secondary N) is 1. The Kier molecular flexibility index (Phi) is 4.95. The fourth-order valence-corrected chi connectivity index (χ4v) is 3.27. The average molecular weight is 284 g/mol. The summed E-state index contributed by atoms with van der Waals surface area (Å²) in [5.74, 6) is 0. The van der Waals surface area contributed by atoms with Crippen LogP contribution < -0.4 is 5.32 Å². The van der Waals surface area contributed by atoms with Gasteiger partial charge in [-0.15, -0.1) is 11.3 Å². The first-order chi connectivity index (χ1) is 9.10. The van der Waals surface area contributed by atoms with E-state index < -0.39 is 0 Å². The molecule has 0 aromatic carbocycles. The number of nitrogens with zero attached hydrogens (tertiary/aromatic N) is 1. The van der Waals surface area contributed by atoms with Crippen molar-refractivity contribution in [2.24, 2.45) is 5.41 Å². The monoisotopic (exact) mass is 284 g/mol. The van der Waals surface area contributed by atoms with Crippen LogP contribution >= 0.6 is 11.3 Å². The SMILES string of the molecule is COCCc1nc(C)c(C(C)NCC2(CO)CC2)s1. The van der Waals surface area contributed by atoms with Crippen LogP contribution in [0.3, 0.4) is 0 Å². The van der Waals surface area contributed by atoms with E-state index in [0.717, 1.165) is 43.1 Å². The first-order valence-electron chi connectivity index (χ1n) is 6.89. The largest absolute Gasteiger partial charge is 0.396 e. The van der Waals surface area contributed by atoms with Gasteiger partial charge in [0.2, 0.25) is 0 Å². The molecule has 1 aliphatic rings. The van der Waals surface area contributed by atoms with Gasteiger partial charge in [0.1, 0.15) is 0 Å². The normalized spacial score (nSPS) is 18.5. The second kappa shape index (κ2) is 6.31. The van der Waals surface area contributed by atoms with Gasteiger partial charge in [-0.25, -0.2) is 4.98 Å². The fraction of sp³-hybridized carbons (Fsp3) is 0.786. The molecular weight excluding hydrogens is 260 g/mol. The Morgan fingerprint density at radius 3 is 2.84 bits per heavy atom. The molecule has 1 saturated carbocycles. The molecule has 0 amide bonds. The lowest BCUT2D eigenvalue weighted by Crippen LogP contribution is -2.28. The lowest BCUT2D eigenvalue weighted by atomic mass is 10.1. The van der Waals surface area contributed by atoms with E-state index in [1.165, 1.54) is 4.88 Å². The van der Waals surface area contributed by atoms with Crippen LogP contribution in [0.4, 0.5) is 0 Å². The predicted molar refractivity (Wildman–Crippen MR) is 77.6 cm³/mol. The molecule has 1 fully saturated rings. The van der Waals surface area contributed by atoms with Crippen molar-refractivity contribution in [1.82, 2.24) is 10.3 Å². The Morgan fingerprint density at radius 2 is 2.26 bits per heavy atom. The maximum Gasteiger partial charge on any atom is 0.0954 e. The van der Waals surface area contributed by atoms with E-state index >= 15 is 0 Å². The zero-order chi connectivity index (χ0) is 13.9. The molecule has 108 valence electrons. The topological polar surface area (TPSA) is 54.4 Å². The molecule has 1 aromatic rings. The molecule has 4 nitrogen and oxygen atoms in total. The van der Waals surface area contributed by atoms with Gasteiger partial charge < -0.3 is 15.2 Å². The molecule has 0 saturated heterocycles. The minimum Gasteiger partial charge on any atom is -0.396 e. The van der Waals surface area contributed by atoms with E-state index in [1.807, 2.05) is 0 Å². The van der Waals surface area contributed by atoms with Crippen molar-refractivity contribution in [3.63, 3.8) is 0 Å². The van der Waals surface area contributed by atoms with Crippen LogP contribution in [0.15, 0.2) is 0 Å². The Bertz CT molecular complexity index is 416. The number of ether oxygens (including phenoxy) is 1. The van der Waals surface area contributed by atoms with Crippen LogP contribution in [0.25, 0.3) is 0 Å². The summed E-state index contributed by atoms with van der Waals surface area (Å²) < 4.78 is 5.09. The zero-order valence-corrected chi connectivity index (χ0v) is 12.8. The van der Waals surface area contributed by atoms with Gasteiger partial charge in [-0.05, 0) is 26.7 Å². The highest BCUT2D eigenvalue weighted by atomic mass is 32.1. The van der Waals surface area contributed by atoms with E-state index in [1.54, 1.807) is 18.4 Å². The summed E-state index contributed by atoms with van der Waals surface area (Å²) in [6, 6.07) is 0.304. The first kappa shape index (κ1) is 14.9. The molecular formula is C14H24N2O2S. The van der Waals surface area contributed by atoms with Crippen molar-refractivity contribution < 1.29 is 9.84 Å². The number of thiazole rings is 1. The number of rotatable bonds is 8. The second-order valence-corrected chi connectivity index (χ2v) is 6.68. The third kappa shape index (κ3) is 3.75. The Labute approximate surface area is 119 Å². The quantitative estimate of drug-likeness (QED) is 0.767. The average Bonchev–Trinajstić information content (AvgIpc) is 3.10. The number of hydrogen-bond donors (Lipinski definition) is 2. The number of hydrogen-bond acceptors (Lipinski definition) is 5. The Hall–Kier alpha value is -0.490. The first-order valence-corrected chi connectivity index (χ1v) is 7.71. The summed E-state index contributed by atoms with van der Waals surface area (Å²) in [6.45, 7) is 6.16. The lowest BCUT2D eigenvalue weighted by molar-refractivity contribution is 0.202. The van der Waals surface area contributed by atoms with Gasteiger partial charge in [0, 0.05) is 43.0 Å². The van der Waals surface area contributed by atoms with E-state index in [9.17, 15) is 5.11 Å². The summed E-state index contributed by atoms with van der Waals surface area (Å²) in [5.41, 5.74) is 1.27. The molecule has 2 rings (SSSR count). The number of aliphatic hydroxyl groups excluding tert-OH is 1. The second-order valence-electron chi connectivity index (χ2n) is 5.56. The summed E-state index contributed by atoms with van der Waals surface area (Å²) >= 11 is 1.77. The van der Waals surface area contributed by atoms with Crippen molar-refractivity contribution >= 4 is 11.3 Å². The van der Waals surface area contributed by atoms with Gasteiger partial charge in [-0.1, -0.05) is 0 Å². The summed E-state index contributed by atoms with van der Waals surface area (Å²) in [5, 5.41) is 14.0. The molecule has 0 bridgehead atoms. The van der Waals surface area contributed by atoms with Gasteiger partial charge in [-0.3, -0.25) is 0 Å². The van der Waals surface area contributed by atoms with Crippen molar-refractivity contribution in [2.45, 2.75) is 39.2 Å². The fourth-order valence-electron chi connectivity index (χ4n) is 2.19. The molecule has 0 radical (unpaired) electrons. The molecule has 0 spiro atoms. The van der Waals surface area contributed by atoms with E-state index in [0.29, 0.717) is 12.6 Å². The van der Waals surface area contributed by atoms with Crippen LogP contribution in [-0.2, 0) is 11.2 Å². The van der Waals surface area contributed by atoms with Crippen molar-refractivity contribution in [1.29, 1.82) is 0 Å². The predicted octanol–water partition coefficient (Wildman–Crippen LogP) is 2.06. The van der Waals surface area contributed by atoms with E-state index in [4.69, 9.17) is 4.74 Å². The van der Waals surface area contributed by atoms with E-state index in [-0.39, 0.29) is 5.41 Å². The number of methoxy groups -OCH3 is 1. The maximum absolute atomic E-state index is 9.33. The molecule has 2 N–H and O–H groups in total. The highest BCUT2D eigenvalue weighted by molar-refractivity contribution is 7.11. The van der Waals surface area contributed by atoms with Crippen LogP contribution in [0.1, 0.15) is 41.4 Å². The number of aromatic nitrogens is 1. The maximum atomic E-state index is 9.33. The summed E-state index contributed by atoms with van der Waals surface area (Å²) in [4.78, 5) is 5.90. The molecule has 1 unspecified atom stereocenters. The third-order valence-electron chi connectivity index (χ3n) is 3.87. The third-order valence-corrected chi connectivity index (χ3v) is 5.27. The molecule has 1 atom stereocenters. The molecule has 5 heteroatoms. The van der Waals surface area contributed by atoms with Gasteiger partial charge in [0.05, 0.1) is 17.3 Å².